The number of aromatic amines is 3. The number of nitrogens with one attached hydrogen (secondary N) is 5. The zero-order valence-corrected chi connectivity index (χ0v) is 18.7. The third-order valence-electron chi connectivity index (χ3n) is 7.25. The Hall–Kier alpha value is -4.66. The van der Waals surface area contributed by atoms with Crippen molar-refractivity contribution in [2.45, 2.75) is 24.7 Å². The average Bonchev–Trinajstić information content (AvgIpc) is 3.58. The topological polar surface area (TPSA) is 173 Å². The van der Waals surface area contributed by atoms with Crippen LogP contribution in [0.4, 0.5) is 0 Å². The van der Waals surface area contributed by atoms with Gasteiger partial charge in [0.25, 0.3) is 0 Å². The quantitative estimate of drug-likeness (QED) is 0.121. The van der Waals surface area contributed by atoms with Gasteiger partial charge in [-0.1, -0.05) is 12.2 Å². The summed E-state index contributed by atoms with van der Waals surface area (Å²) in [6.07, 6.45) is 6.84. The summed E-state index contributed by atoms with van der Waals surface area (Å²) < 4.78 is 0. The first-order valence-electron chi connectivity index (χ1n) is 11.6. The van der Waals surface area contributed by atoms with E-state index in [1.165, 1.54) is 11.1 Å². The van der Waals surface area contributed by atoms with E-state index in [0.29, 0.717) is 23.0 Å². The zero-order valence-electron chi connectivity index (χ0n) is 18.7. The first-order chi connectivity index (χ1) is 17.0. The van der Waals surface area contributed by atoms with Gasteiger partial charge in [-0.2, -0.15) is 0 Å². The summed E-state index contributed by atoms with van der Waals surface area (Å²) in [5.74, 6) is 2.22. The van der Waals surface area contributed by atoms with Crippen LogP contribution in [0.1, 0.15) is 46.9 Å². The van der Waals surface area contributed by atoms with E-state index < -0.39 is 0 Å². The molecule has 0 spiro atoms. The molecule has 3 heterocycles. The molecule has 0 saturated carbocycles. The summed E-state index contributed by atoms with van der Waals surface area (Å²) in [6.45, 7) is 0. The molecular weight excluding hydrogens is 438 g/mol. The minimum Gasteiger partial charge on any atom is -0.384 e. The van der Waals surface area contributed by atoms with Gasteiger partial charge >= 0.3 is 0 Å². The lowest BCUT2D eigenvalue weighted by Crippen LogP contribution is -2.16. The molecule has 5 aromatic rings. The fourth-order valence-electron chi connectivity index (χ4n) is 5.56. The molecule has 172 valence electrons. The first-order valence-corrected chi connectivity index (χ1v) is 11.6. The van der Waals surface area contributed by atoms with Crippen molar-refractivity contribution in [1.82, 2.24) is 24.9 Å². The lowest BCUT2D eigenvalue weighted by atomic mass is 9.71. The highest BCUT2D eigenvalue weighted by atomic mass is 15.0. The highest BCUT2D eigenvalue weighted by Gasteiger charge is 2.37. The average molecular weight is 462 g/mol. The van der Waals surface area contributed by atoms with Crippen LogP contribution in [0.15, 0.2) is 48.6 Å². The molecule has 3 aliphatic rings. The number of benzene rings is 2. The Morgan fingerprint density at radius 1 is 0.714 bits per heavy atom. The Bertz CT molecular complexity index is 1600. The van der Waals surface area contributed by atoms with E-state index >= 15 is 0 Å². The SMILES string of the molecule is N=C(N)c1ccc2[nH]c(-c3[nH]c(-c4nc5cc(C(=N)N)ccc5[nH]4)c4c3C3C=CC4CC3)nc2c1. The molecule has 2 bridgehead atoms. The van der Waals surface area contributed by atoms with E-state index in [4.69, 9.17) is 32.3 Å². The smallest absolute Gasteiger partial charge is 0.155 e. The summed E-state index contributed by atoms with van der Waals surface area (Å²) >= 11 is 0. The monoisotopic (exact) mass is 461 g/mol. The summed E-state index contributed by atoms with van der Waals surface area (Å²) in [6, 6.07) is 11.2. The molecule has 3 aliphatic carbocycles. The molecule has 35 heavy (non-hydrogen) atoms. The molecule has 9 N–H and O–H groups in total. The van der Waals surface area contributed by atoms with Crippen molar-refractivity contribution < 1.29 is 0 Å². The van der Waals surface area contributed by atoms with Crippen molar-refractivity contribution >= 4 is 33.7 Å². The van der Waals surface area contributed by atoms with Gasteiger partial charge < -0.3 is 26.4 Å². The number of nitrogen functional groups attached to an aromatic ring is 2. The maximum Gasteiger partial charge on any atom is 0.155 e. The second-order valence-corrected chi connectivity index (χ2v) is 9.34. The summed E-state index contributed by atoms with van der Waals surface area (Å²) in [4.78, 5) is 20.3. The lowest BCUT2D eigenvalue weighted by molar-refractivity contribution is 0.558. The lowest BCUT2D eigenvalue weighted by Gasteiger charge is -2.32. The minimum atomic E-state index is 0.0243. The number of nitrogens with two attached hydrogens (primary N) is 2. The fraction of sp³-hybridized carbons (Fsp3) is 0.154. The maximum absolute atomic E-state index is 7.74. The predicted molar refractivity (Wildman–Crippen MR) is 137 cm³/mol. The highest BCUT2D eigenvalue weighted by molar-refractivity contribution is 5.99. The number of rotatable bonds is 4. The number of hydrogen-bond acceptors (Lipinski definition) is 4. The number of hydrogen-bond donors (Lipinski definition) is 7. The third kappa shape index (κ3) is 2.87. The molecule has 2 atom stereocenters. The van der Waals surface area contributed by atoms with Gasteiger partial charge in [0.2, 0.25) is 0 Å². The molecule has 0 fully saturated rings. The van der Waals surface area contributed by atoms with Crippen LogP contribution in [-0.4, -0.2) is 36.6 Å². The maximum atomic E-state index is 7.74. The third-order valence-corrected chi connectivity index (χ3v) is 7.25. The van der Waals surface area contributed by atoms with Crippen molar-refractivity contribution in [3.63, 3.8) is 0 Å². The number of amidine groups is 2. The molecule has 0 saturated heterocycles. The van der Waals surface area contributed by atoms with Gasteiger partial charge in [0, 0.05) is 23.0 Å². The van der Waals surface area contributed by atoms with Crippen LogP contribution in [0.2, 0.25) is 0 Å². The van der Waals surface area contributed by atoms with E-state index in [0.717, 1.165) is 57.9 Å². The number of imidazole rings is 2. The van der Waals surface area contributed by atoms with E-state index in [2.05, 4.69) is 27.1 Å². The Labute approximate surface area is 199 Å². The second kappa shape index (κ2) is 6.92. The van der Waals surface area contributed by atoms with Crippen molar-refractivity contribution in [3.05, 3.63) is 70.8 Å². The molecule has 0 amide bonds. The predicted octanol–water partition coefficient (Wildman–Crippen LogP) is 4.20. The van der Waals surface area contributed by atoms with Crippen LogP contribution in [-0.2, 0) is 0 Å². The second-order valence-electron chi connectivity index (χ2n) is 9.34. The molecule has 8 rings (SSSR count). The molecule has 2 aromatic carbocycles. The largest absolute Gasteiger partial charge is 0.384 e. The Morgan fingerprint density at radius 3 is 1.57 bits per heavy atom. The number of nitrogens with zero attached hydrogens (tertiary/aromatic N) is 2. The summed E-state index contributed by atoms with van der Waals surface area (Å²) in [7, 11) is 0. The number of allylic oxidation sites excluding steroid dienone is 2. The van der Waals surface area contributed by atoms with Gasteiger partial charge in [-0.15, -0.1) is 0 Å². The number of aromatic nitrogens is 5. The standard InChI is InChI=1S/C26H23N9/c27-23(28)13-5-7-15-17(9-13)33-25(31-15)21-19-11-1-2-12(4-3-11)20(19)22(35-21)26-32-16-8-6-14(24(29)30)10-18(16)34-26/h1-2,5-12,35H,3-4H2,(H3,27,28)(H3,29,30)(H,31,33)(H,32,34). The van der Waals surface area contributed by atoms with E-state index in [-0.39, 0.29) is 11.7 Å². The molecule has 2 unspecified atom stereocenters. The molecular formula is C26H23N9. The van der Waals surface area contributed by atoms with Crippen LogP contribution < -0.4 is 11.5 Å². The summed E-state index contributed by atoms with van der Waals surface area (Å²) in [5, 5.41) is 15.5. The molecule has 0 aliphatic heterocycles. The van der Waals surface area contributed by atoms with Crippen molar-refractivity contribution in [2.24, 2.45) is 11.5 Å². The van der Waals surface area contributed by atoms with Crippen LogP contribution in [0.5, 0.6) is 0 Å². The molecule has 9 heteroatoms. The van der Waals surface area contributed by atoms with Crippen LogP contribution in [0.3, 0.4) is 0 Å². The normalized spacial score (nSPS) is 18.4. The van der Waals surface area contributed by atoms with E-state index in [1.807, 2.05) is 36.4 Å². The van der Waals surface area contributed by atoms with Crippen LogP contribution in [0, 0.1) is 10.8 Å². The van der Waals surface area contributed by atoms with E-state index in [9.17, 15) is 0 Å². The summed E-state index contributed by atoms with van der Waals surface area (Å²) in [5.41, 5.74) is 20.5. The molecule has 0 radical (unpaired) electrons. The van der Waals surface area contributed by atoms with Crippen molar-refractivity contribution in [3.8, 4) is 23.0 Å². The van der Waals surface area contributed by atoms with Crippen LogP contribution >= 0.6 is 0 Å². The number of H-pyrrole nitrogens is 3. The molecule has 9 nitrogen and oxygen atoms in total. The van der Waals surface area contributed by atoms with Crippen molar-refractivity contribution in [1.29, 1.82) is 10.8 Å². The Balaban J connectivity index is 1.42. The fourth-order valence-corrected chi connectivity index (χ4v) is 5.56. The highest BCUT2D eigenvalue weighted by Crippen LogP contribution is 2.52. The van der Waals surface area contributed by atoms with Gasteiger partial charge in [0.15, 0.2) is 11.6 Å². The Morgan fingerprint density at radius 2 is 1.17 bits per heavy atom. The minimum absolute atomic E-state index is 0.0243. The first kappa shape index (κ1) is 19.8. The molecule has 3 aromatic heterocycles. The van der Waals surface area contributed by atoms with Crippen molar-refractivity contribution in [2.75, 3.05) is 0 Å². The van der Waals surface area contributed by atoms with Gasteiger partial charge in [-0.3, -0.25) is 10.8 Å². The van der Waals surface area contributed by atoms with Gasteiger partial charge in [0.1, 0.15) is 11.7 Å². The van der Waals surface area contributed by atoms with E-state index in [1.54, 1.807) is 0 Å². The Kier molecular flexibility index (Phi) is 3.91. The number of fused-ring (bicyclic) bond motifs is 3. The van der Waals surface area contributed by atoms with Gasteiger partial charge in [-0.05, 0) is 60.4 Å². The zero-order chi connectivity index (χ0) is 23.8. The van der Waals surface area contributed by atoms with Gasteiger partial charge in [-0.25, -0.2) is 9.97 Å². The van der Waals surface area contributed by atoms with Crippen LogP contribution in [0.25, 0.3) is 45.1 Å². The van der Waals surface area contributed by atoms with Gasteiger partial charge in [0.05, 0.1) is 33.5 Å².